The van der Waals surface area contributed by atoms with E-state index in [1.807, 2.05) is 11.3 Å². The van der Waals surface area contributed by atoms with Crippen molar-refractivity contribution in [3.63, 3.8) is 0 Å². The number of hydrogen-bond acceptors (Lipinski definition) is 2. The number of rotatable bonds is 8. The molecule has 0 aliphatic heterocycles. The molecule has 10 aromatic rings. The van der Waals surface area contributed by atoms with Gasteiger partial charge in [0.05, 0.1) is 5.69 Å². The van der Waals surface area contributed by atoms with Crippen LogP contribution in [0.15, 0.2) is 224 Å². The van der Waals surface area contributed by atoms with Gasteiger partial charge in [0.1, 0.15) is 0 Å². The van der Waals surface area contributed by atoms with Crippen LogP contribution in [0, 0.1) is 0 Å². The molecule has 0 aliphatic rings. The molecule has 0 aliphatic carbocycles. The quantitative estimate of drug-likeness (QED) is 0.111. The van der Waals surface area contributed by atoms with Gasteiger partial charge in [0.15, 0.2) is 8.07 Å². The number of nitrogens with zero attached hydrogens (tertiary/aromatic N) is 1. The summed E-state index contributed by atoms with van der Waals surface area (Å²) in [6.45, 7) is 0. The highest BCUT2D eigenvalue weighted by Crippen LogP contribution is 2.46. The van der Waals surface area contributed by atoms with E-state index in [4.69, 9.17) is 0 Å². The van der Waals surface area contributed by atoms with Crippen LogP contribution in [0.5, 0.6) is 0 Å². The van der Waals surface area contributed by atoms with Crippen LogP contribution in [0.2, 0.25) is 0 Å². The average Bonchev–Trinajstić information content (AvgIpc) is 3.65. The standard InChI is InChI=1S/C52H37NSSi/c1-5-17-38(18-6-1)39-29-31-40(32-30-39)53(50-37-49-47-26-15-16-28-51(47)54-52(49)48-27-14-13-25-46(48)50)41-33-35-45(36-34-41)55(42-19-7-2-8-20-42,43-21-9-3-10-22-43)44-23-11-4-12-24-44/h1-37H. The molecule has 55 heavy (non-hydrogen) atoms. The molecular weight excluding hydrogens is 699 g/mol. The molecule has 0 saturated carbocycles. The molecule has 1 heterocycles. The first-order chi connectivity index (χ1) is 27.3. The van der Waals surface area contributed by atoms with E-state index >= 15 is 0 Å². The van der Waals surface area contributed by atoms with Crippen molar-refractivity contribution >= 4 is 88.2 Å². The molecule has 10 rings (SSSR count). The minimum atomic E-state index is -2.68. The van der Waals surface area contributed by atoms with Crippen LogP contribution >= 0.6 is 11.3 Å². The monoisotopic (exact) mass is 735 g/mol. The first-order valence-corrected chi connectivity index (χ1v) is 21.7. The zero-order valence-corrected chi connectivity index (χ0v) is 32.0. The van der Waals surface area contributed by atoms with Crippen molar-refractivity contribution in [3.8, 4) is 11.1 Å². The lowest BCUT2D eigenvalue weighted by Gasteiger charge is -2.35. The maximum atomic E-state index is 2.46. The van der Waals surface area contributed by atoms with Gasteiger partial charge in [-0.25, -0.2) is 0 Å². The second-order valence-corrected chi connectivity index (χ2v) is 18.9. The Morgan fingerprint density at radius 3 is 1.31 bits per heavy atom. The predicted molar refractivity (Wildman–Crippen MR) is 241 cm³/mol. The normalized spacial score (nSPS) is 11.6. The van der Waals surface area contributed by atoms with E-state index in [1.54, 1.807) is 0 Å². The third-order valence-corrected chi connectivity index (χ3v) is 17.0. The van der Waals surface area contributed by atoms with Crippen LogP contribution in [-0.4, -0.2) is 8.07 Å². The van der Waals surface area contributed by atoms with E-state index in [-0.39, 0.29) is 0 Å². The molecule has 0 radical (unpaired) electrons. The molecule has 260 valence electrons. The van der Waals surface area contributed by atoms with Crippen LogP contribution in [0.25, 0.3) is 42.1 Å². The molecule has 0 unspecified atom stereocenters. The Balaban J connectivity index is 1.21. The van der Waals surface area contributed by atoms with Gasteiger partial charge in [-0.3, -0.25) is 0 Å². The smallest absolute Gasteiger partial charge is 0.179 e. The Bertz CT molecular complexity index is 2790. The van der Waals surface area contributed by atoms with Gasteiger partial charge in [-0.2, -0.15) is 0 Å². The number of anilines is 3. The summed E-state index contributed by atoms with van der Waals surface area (Å²) in [6.07, 6.45) is 0. The molecule has 9 aromatic carbocycles. The van der Waals surface area contributed by atoms with Crippen molar-refractivity contribution in [2.45, 2.75) is 0 Å². The fourth-order valence-electron chi connectivity index (χ4n) is 8.50. The van der Waals surface area contributed by atoms with E-state index < -0.39 is 8.07 Å². The van der Waals surface area contributed by atoms with Crippen LogP contribution in [0.3, 0.4) is 0 Å². The molecule has 1 aromatic heterocycles. The molecule has 0 bridgehead atoms. The van der Waals surface area contributed by atoms with E-state index in [2.05, 4.69) is 229 Å². The SMILES string of the molecule is c1ccc(-c2ccc(N(c3ccc([Si](c4ccccc4)(c4ccccc4)c4ccccc4)cc3)c3cc4c5ccccc5sc4c4ccccc34)cc2)cc1. The van der Waals surface area contributed by atoms with Crippen LogP contribution < -0.4 is 25.6 Å². The predicted octanol–water partition coefficient (Wildman–Crippen LogP) is 11.7. The van der Waals surface area contributed by atoms with Gasteiger partial charge in [0.2, 0.25) is 0 Å². The largest absolute Gasteiger partial charge is 0.310 e. The molecule has 0 N–H and O–H groups in total. The Morgan fingerprint density at radius 1 is 0.327 bits per heavy atom. The summed E-state index contributed by atoms with van der Waals surface area (Å²) in [4.78, 5) is 2.46. The topological polar surface area (TPSA) is 3.24 Å². The van der Waals surface area contributed by atoms with Crippen molar-refractivity contribution in [2.24, 2.45) is 0 Å². The third kappa shape index (κ3) is 5.68. The molecule has 0 fully saturated rings. The second-order valence-electron chi connectivity index (χ2n) is 14.1. The van der Waals surface area contributed by atoms with Gasteiger partial charge in [0, 0.05) is 42.3 Å². The molecule has 0 spiro atoms. The van der Waals surface area contributed by atoms with Gasteiger partial charge in [0.25, 0.3) is 0 Å². The van der Waals surface area contributed by atoms with Gasteiger partial charge in [-0.1, -0.05) is 188 Å². The van der Waals surface area contributed by atoms with Gasteiger partial charge >= 0.3 is 0 Å². The molecule has 0 amide bonds. The Morgan fingerprint density at radius 2 is 0.745 bits per heavy atom. The van der Waals surface area contributed by atoms with Gasteiger partial charge in [-0.05, 0) is 68.3 Å². The summed E-state index contributed by atoms with van der Waals surface area (Å²) in [7, 11) is -2.68. The number of fused-ring (bicyclic) bond motifs is 5. The molecular formula is C52H37NSSi. The fraction of sp³-hybridized carbons (Fsp3) is 0. The Hall–Kier alpha value is -6.52. The second kappa shape index (κ2) is 14.0. The Kier molecular flexibility index (Phi) is 8.44. The first kappa shape index (κ1) is 33.1. The van der Waals surface area contributed by atoms with E-state index in [1.165, 1.54) is 68.5 Å². The average molecular weight is 736 g/mol. The highest BCUT2D eigenvalue weighted by atomic mass is 32.1. The van der Waals surface area contributed by atoms with Crippen molar-refractivity contribution in [1.82, 2.24) is 0 Å². The molecule has 3 heteroatoms. The summed E-state index contributed by atoms with van der Waals surface area (Å²) in [5.41, 5.74) is 5.83. The van der Waals surface area contributed by atoms with Crippen LogP contribution in [0.1, 0.15) is 0 Å². The van der Waals surface area contributed by atoms with Crippen molar-refractivity contribution in [3.05, 3.63) is 224 Å². The van der Waals surface area contributed by atoms with E-state index in [0.717, 1.165) is 11.4 Å². The van der Waals surface area contributed by atoms with Gasteiger partial charge < -0.3 is 4.90 Å². The van der Waals surface area contributed by atoms with Crippen molar-refractivity contribution in [2.75, 3.05) is 4.90 Å². The van der Waals surface area contributed by atoms with E-state index in [9.17, 15) is 0 Å². The number of hydrogen-bond donors (Lipinski definition) is 0. The number of thiophene rings is 1. The summed E-state index contributed by atoms with van der Waals surface area (Å²) >= 11 is 1.89. The van der Waals surface area contributed by atoms with Crippen molar-refractivity contribution < 1.29 is 0 Å². The molecule has 0 saturated heterocycles. The molecule has 0 atom stereocenters. The van der Waals surface area contributed by atoms with E-state index in [0.29, 0.717) is 0 Å². The minimum absolute atomic E-state index is 1.12. The zero-order valence-electron chi connectivity index (χ0n) is 30.2. The first-order valence-electron chi connectivity index (χ1n) is 18.8. The summed E-state index contributed by atoms with van der Waals surface area (Å²) in [6, 6.07) is 82.8. The summed E-state index contributed by atoms with van der Waals surface area (Å²) in [5, 5.41) is 10.6. The maximum Gasteiger partial charge on any atom is 0.179 e. The highest BCUT2D eigenvalue weighted by molar-refractivity contribution is 7.26. The lowest BCUT2D eigenvalue weighted by Crippen LogP contribution is -2.74. The van der Waals surface area contributed by atoms with Crippen molar-refractivity contribution in [1.29, 1.82) is 0 Å². The molecule has 1 nitrogen and oxygen atoms in total. The summed E-state index contributed by atoms with van der Waals surface area (Å²) < 4.78 is 2.64. The minimum Gasteiger partial charge on any atom is -0.310 e. The number of benzene rings is 9. The highest BCUT2D eigenvalue weighted by Gasteiger charge is 2.41. The fourth-order valence-corrected chi connectivity index (χ4v) is 14.5. The lowest BCUT2D eigenvalue weighted by molar-refractivity contribution is 1.30. The summed E-state index contributed by atoms with van der Waals surface area (Å²) in [5.74, 6) is 0. The maximum absolute atomic E-state index is 2.68. The zero-order chi connectivity index (χ0) is 36.6. The van der Waals surface area contributed by atoms with Crippen LogP contribution in [0.4, 0.5) is 17.1 Å². The van der Waals surface area contributed by atoms with Crippen LogP contribution in [-0.2, 0) is 0 Å². The third-order valence-electron chi connectivity index (χ3n) is 11.0. The lowest BCUT2D eigenvalue weighted by atomic mass is 10.0. The van der Waals surface area contributed by atoms with Gasteiger partial charge in [-0.15, -0.1) is 11.3 Å². The Labute approximate surface area is 327 Å².